The lowest BCUT2D eigenvalue weighted by Gasteiger charge is -2.11. The number of nitrogens with one attached hydrogen (secondary N) is 1. The van der Waals surface area contributed by atoms with Crippen LogP contribution in [0.15, 0.2) is 29.3 Å². The third kappa shape index (κ3) is 3.67. The van der Waals surface area contributed by atoms with Gasteiger partial charge in [-0.15, -0.1) is 0 Å². The molecule has 0 saturated carbocycles. The second kappa shape index (κ2) is 5.46. The number of likely N-dealkylation sites (N-methyl/N-ethyl adjacent to an activating group) is 1. The van der Waals surface area contributed by atoms with Crippen LogP contribution in [-0.4, -0.2) is 35.9 Å². The molecule has 19 heavy (non-hydrogen) atoms. The molecular weight excluding hydrogens is 273 g/mol. The van der Waals surface area contributed by atoms with Crippen LogP contribution >= 0.6 is 11.8 Å². The summed E-state index contributed by atoms with van der Waals surface area (Å²) in [7, 11) is 0. The van der Waals surface area contributed by atoms with Gasteiger partial charge in [0, 0.05) is 36.8 Å². The van der Waals surface area contributed by atoms with Gasteiger partial charge in [0.2, 0.25) is 0 Å². The predicted molar refractivity (Wildman–Crippen MR) is 72.5 cm³/mol. The molecule has 2 aromatic rings. The monoisotopic (exact) mass is 294 g/mol. The molecule has 2 nitrogen and oxygen atoms in total. The van der Waals surface area contributed by atoms with E-state index in [-0.39, 0.29) is 29.6 Å². The quantitative estimate of drug-likeness (QED) is 0.863. The second-order valence-corrected chi connectivity index (χ2v) is 5.05. The van der Waals surface area contributed by atoms with Crippen molar-refractivity contribution in [2.75, 3.05) is 20.5 Å². The van der Waals surface area contributed by atoms with E-state index in [2.05, 4.69) is 4.98 Å². The van der Waals surface area contributed by atoms with Gasteiger partial charge < -0.3 is 9.88 Å². The second-order valence-electron chi connectivity index (χ2n) is 3.94. The topological polar surface area (TPSA) is 19.0 Å². The first-order valence-corrected chi connectivity index (χ1v) is 6.23. The van der Waals surface area contributed by atoms with E-state index in [0.717, 1.165) is 0 Å². The van der Waals surface area contributed by atoms with E-state index >= 15 is 0 Å². The zero-order valence-corrected chi connectivity index (χ0v) is 10.5. The molecule has 1 N–H and O–H groups in total. The molecule has 1 aromatic heterocycles. The highest BCUT2D eigenvalue weighted by molar-refractivity contribution is 8.00. The van der Waals surface area contributed by atoms with Gasteiger partial charge in [-0.25, -0.2) is 0 Å². The fourth-order valence-electron chi connectivity index (χ4n) is 1.86. The van der Waals surface area contributed by atoms with Gasteiger partial charge in [0.25, 0.3) is 0 Å². The van der Waals surface area contributed by atoms with Crippen LogP contribution in [0.1, 0.15) is 13.8 Å². The predicted octanol–water partition coefficient (Wildman–Crippen LogP) is 3.88. The molecule has 104 valence electrons. The summed E-state index contributed by atoms with van der Waals surface area (Å²) in [4.78, 5) is 3.20. The summed E-state index contributed by atoms with van der Waals surface area (Å²) in [6.07, 6.45) is 1.45. The van der Waals surface area contributed by atoms with Crippen molar-refractivity contribution in [2.24, 2.45) is 0 Å². The lowest BCUT2D eigenvalue weighted by atomic mass is 10.1. The smallest absolute Gasteiger partial charge is 0.361 e. The number of hydrogen-bond donors (Lipinski definition) is 1. The van der Waals surface area contributed by atoms with Crippen molar-refractivity contribution in [3.05, 3.63) is 30.0 Å². The molecule has 2 rings (SSSR count). The number of rotatable bonds is 4. The van der Waals surface area contributed by atoms with Crippen LogP contribution in [0.4, 0.5) is 13.2 Å². The van der Waals surface area contributed by atoms with Crippen LogP contribution in [0.5, 0.6) is 0 Å². The molecule has 0 radical (unpaired) electrons. The molecule has 0 spiro atoms. The molecule has 1 aromatic carbocycles. The SMILES string of the molecule is [2H]C([2H])([2H])N(CCc1c[nH]c2cccc(SC(F)(F)F)c12)C([2H])([2H])[2H]. The summed E-state index contributed by atoms with van der Waals surface area (Å²) in [5.41, 5.74) is -3.56. The van der Waals surface area contributed by atoms with Crippen molar-refractivity contribution in [2.45, 2.75) is 16.8 Å². The Hall–Kier alpha value is -1.14. The highest BCUT2D eigenvalue weighted by Crippen LogP contribution is 2.41. The number of halogens is 3. The maximum absolute atomic E-state index is 12.7. The Morgan fingerprint density at radius 3 is 2.84 bits per heavy atom. The van der Waals surface area contributed by atoms with E-state index < -0.39 is 19.5 Å². The lowest BCUT2D eigenvalue weighted by molar-refractivity contribution is -0.0327. The normalized spacial score (nSPS) is 18.5. The number of H-pyrrole nitrogens is 1. The molecule has 0 unspecified atom stereocenters. The minimum atomic E-state index is -4.47. The van der Waals surface area contributed by atoms with Crippen LogP contribution in [0.2, 0.25) is 0 Å². The van der Waals surface area contributed by atoms with Gasteiger partial charge in [-0.2, -0.15) is 13.2 Å². The molecule has 0 aliphatic heterocycles. The van der Waals surface area contributed by atoms with Gasteiger partial charge in [-0.3, -0.25) is 0 Å². The molecule has 0 aliphatic rings. The summed E-state index contributed by atoms with van der Waals surface area (Å²) in [5, 5.41) is 0.320. The van der Waals surface area contributed by atoms with Crippen molar-refractivity contribution in [1.82, 2.24) is 9.88 Å². The van der Waals surface area contributed by atoms with Gasteiger partial charge in [0.15, 0.2) is 0 Å². The van der Waals surface area contributed by atoms with Crippen molar-refractivity contribution >= 4 is 22.7 Å². The zero-order chi connectivity index (χ0) is 19.0. The van der Waals surface area contributed by atoms with Crippen molar-refractivity contribution in [3.8, 4) is 0 Å². The standard InChI is InChI=1S/C13H15F3N2S/c1-18(2)7-6-9-8-17-10-4-3-5-11(12(9)10)19-13(14,15)16/h3-5,8,17H,6-7H2,1-2H3/i1D3,2D3. The molecular formula is C13H15F3N2S. The highest BCUT2D eigenvalue weighted by Gasteiger charge is 2.30. The first-order chi connectivity index (χ1) is 11.3. The third-order valence-electron chi connectivity index (χ3n) is 2.58. The number of fused-ring (bicyclic) bond motifs is 1. The van der Waals surface area contributed by atoms with Gasteiger partial charge in [-0.1, -0.05) is 6.07 Å². The number of nitrogens with zero attached hydrogens (tertiary/aromatic N) is 1. The number of hydrogen-bond acceptors (Lipinski definition) is 2. The summed E-state index contributed by atoms with van der Waals surface area (Å²) in [6, 6.07) is 4.40. The minimum absolute atomic E-state index is 0.0180. The Balaban J connectivity index is 2.33. The van der Waals surface area contributed by atoms with Crippen LogP contribution < -0.4 is 0 Å². The first kappa shape index (κ1) is 8.21. The van der Waals surface area contributed by atoms with E-state index in [9.17, 15) is 13.2 Å². The Morgan fingerprint density at radius 1 is 1.37 bits per heavy atom. The van der Waals surface area contributed by atoms with Crippen molar-refractivity contribution in [1.29, 1.82) is 0 Å². The first-order valence-electron chi connectivity index (χ1n) is 8.41. The Morgan fingerprint density at radius 2 is 2.16 bits per heavy atom. The van der Waals surface area contributed by atoms with E-state index in [0.29, 0.717) is 21.4 Å². The maximum atomic E-state index is 12.7. The number of alkyl halides is 3. The maximum Gasteiger partial charge on any atom is 0.446 e. The molecule has 0 saturated heterocycles. The van der Waals surface area contributed by atoms with Gasteiger partial charge in [0.05, 0.1) is 0 Å². The van der Waals surface area contributed by atoms with E-state index in [4.69, 9.17) is 8.22 Å². The Labute approximate surface area is 122 Å². The molecule has 0 bridgehead atoms. The van der Waals surface area contributed by atoms with E-state index in [1.165, 1.54) is 18.3 Å². The highest BCUT2D eigenvalue weighted by atomic mass is 32.2. The van der Waals surface area contributed by atoms with Crippen LogP contribution in [0, 0.1) is 0 Å². The zero-order valence-electron chi connectivity index (χ0n) is 15.7. The molecule has 0 atom stereocenters. The van der Waals surface area contributed by atoms with Crippen LogP contribution in [0.3, 0.4) is 0 Å². The molecule has 0 aliphatic carbocycles. The minimum Gasteiger partial charge on any atom is -0.361 e. The molecule has 0 amide bonds. The van der Waals surface area contributed by atoms with Gasteiger partial charge >= 0.3 is 5.51 Å². The average molecular weight is 294 g/mol. The van der Waals surface area contributed by atoms with Crippen LogP contribution in [0.25, 0.3) is 10.9 Å². The summed E-state index contributed by atoms with van der Waals surface area (Å²) >= 11 is -0.261. The summed E-state index contributed by atoms with van der Waals surface area (Å²) in [5.74, 6) is 0. The van der Waals surface area contributed by atoms with Crippen molar-refractivity contribution < 1.29 is 21.4 Å². The van der Waals surface area contributed by atoms with E-state index in [1.54, 1.807) is 6.07 Å². The van der Waals surface area contributed by atoms with E-state index in [1.807, 2.05) is 0 Å². The number of aromatic nitrogens is 1. The lowest BCUT2D eigenvalue weighted by Crippen LogP contribution is -2.14. The molecule has 6 heteroatoms. The summed E-state index contributed by atoms with van der Waals surface area (Å²) in [6.45, 7) is -6.01. The molecule has 1 heterocycles. The largest absolute Gasteiger partial charge is 0.446 e. The average Bonchev–Trinajstić information content (AvgIpc) is 2.78. The number of thioether (sulfide) groups is 1. The van der Waals surface area contributed by atoms with Crippen molar-refractivity contribution in [3.63, 3.8) is 0 Å². The third-order valence-corrected chi connectivity index (χ3v) is 3.37. The molecule has 0 fully saturated rings. The van der Waals surface area contributed by atoms with Gasteiger partial charge in [-0.05, 0) is 49.8 Å². The Kier molecular flexibility index (Phi) is 2.36. The van der Waals surface area contributed by atoms with Gasteiger partial charge in [0.1, 0.15) is 0 Å². The fraction of sp³-hybridized carbons (Fsp3) is 0.385. The summed E-state index contributed by atoms with van der Waals surface area (Å²) < 4.78 is 82.2. The van der Waals surface area contributed by atoms with Crippen LogP contribution in [-0.2, 0) is 6.42 Å². The fourth-order valence-corrected chi connectivity index (χ4v) is 2.60. The number of benzene rings is 1. The number of aromatic amines is 1. The Bertz CT molecular complexity index is 724.